The number of nitrogens with one attached hydrogen (secondary N) is 1. The molecule has 0 aromatic heterocycles. The Hall–Kier alpha value is -1.73. The van der Waals surface area contributed by atoms with E-state index in [0.717, 1.165) is 24.9 Å². The van der Waals surface area contributed by atoms with Crippen LogP contribution in [0.1, 0.15) is 30.4 Å². The molecule has 0 bridgehead atoms. The van der Waals surface area contributed by atoms with Crippen LogP contribution in [0.25, 0.3) is 0 Å². The SMILES string of the molecule is COc1cc(O)c(C#N)cc1CC1CCCCN1. The lowest BCUT2D eigenvalue weighted by Crippen LogP contribution is -2.35. The smallest absolute Gasteiger partial charge is 0.137 e. The monoisotopic (exact) mass is 246 g/mol. The Bertz CT molecular complexity index is 460. The van der Waals surface area contributed by atoms with E-state index in [9.17, 15) is 5.11 Å². The minimum absolute atomic E-state index is 0.0188. The third-order valence-corrected chi connectivity index (χ3v) is 3.40. The number of aromatic hydroxyl groups is 1. The number of hydrogen-bond acceptors (Lipinski definition) is 4. The van der Waals surface area contributed by atoms with Crippen LogP contribution in [0.3, 0.4) is 0 Å². The van der Waals surface area contributed by atoms with Crippen molar-refractivity contribution in [2.24, 2.45) is 0 Å². The summed E-state index contributed by atoms with van der Waals surface area (Å²) in [4.78, 5) is 0. The average Bonchev–Trinajstić information content (AvgIpc) is 2.41. The van der Waals surface area contributed by atoms with Gasteiger partial charge in [0.2, 0.25) is 0 Å². The molecule has 1 aliphatic rings. The molecule has 1 aliphatic heterocycles. The first-order valence-electron chi connectivity index (χ1n) is 6.28. The fourth-order valence-electron chi connectivity index (χ4n) is 2.42. The van der Waals surface area contributed by atoms with Gasteiger partial charge in [-0.05, 0) is 37.4 Å². The van der Waals surface area contributed by atoms with Crippen LogP contribution < -0.4 is 10.1 Å². The second-order valence-electron chi connectivity index (χ2n) is 4.64. The fourth-order valence-corrected chi connectivity index (χ4v) is 2.42. The minimum atomic E-state index is -0.0188. The number of phenolic OH excluding ortho intramolecular Hbond substituents is 1. The van der Waals surface area contributed by atoms with E-state index in [4.69, 9.17) is 10.00 Å². The molecule has 1 heterocycles. The zero-order valence-electron chi connectivity index (χ0n) is 10.6. The summed E-state index contributed by atoms with van der Waals surface area (Å²) >= 11 is 0. The maximum Gasteiger partial charge on any atom is 0.137 e. The number of hydrogen-bond donors (Lipinski definition) is 2. The van der Waals surface area contributed by atoms with Crippen molar-refractivity contribution in [1.82, 2.24) is 5.32 Å². The van der Waals surface area contributed by atoms with Crippen molar-refractivity contribution in [2.45, 2.75) is 31.7 Å². The molecule has 4 heteroatoms. The summed E-state index contributed by atoms with van der Waals surface area (Å²) in [6.07, 6.45) is 4.44. The van der Waals surface area contributed by atoms with Gasteiger partial charge in [0, 0.05) is 12.1 Å². The largest absolute Gasteiger partial charge is 0.506 e. The van der Waals surface area contributed by atoms with Crippen LogP contribution in [0.15, 0.2) is 12.1 Å². The normalized spacial score (nSPS) is 19.2. The van der Waals surface area contributed by atoms with E-state index in [1.165, 1.54) is 18.9 Å². The standard InChI is InChI=1S/C14H18N2O2/c1-18-14-8-13(17)11(9-15)6-10(14)7-12-4-2-3-5-16-12/h6,8,12,16-17H,2-5,7H2,1H3. The molecule has 1 aromatic rings. The number of benzene rings is 1. The molecule has 1 saturated heterocycles. The first-order chi connectivity index (χ1) is 8.74. The molecule has 0 saturated carbocycles. The number of piperidine rings is 1. The molecular formula is C14H18N2O2. The van der Waals surface area contributed by atoms with E-state index in [0.29, 0.717) is 17.4 Å². The van der Waals surface area contributed by atoms with Gasteiger partial charge in [0.05, 0.1) is 12.7 Å². The molecule has 1 atom stereocenters. The number of rotatable bonds is 3. The van der Waals surface area contributed by atoms with Crippen molar-refractivity contribution < 1.29 is 9.84 Å². The molecule has 18 heavy (non-hydrogen) atoms. The van der Waals surface area contributed by atoms with Crippen LogP contribution in [-0.4, -0.2) is 24.8 Å². The molecule has 1 aromatic carbocycles. The Kier molecular flexibility index (Phi) is 4.06. The molecule has 96 valence electrons. The Labute approximate surface area is 107 Å². The van der Waals surface area contributed by atoms with Gasteiger partial charge in [0.15, 0.2) is 0 Å². The molecular weight excluding hydrogens is 228 g/mol. The van der Waals surface area contributed by atoms with Gasteiger partial charge in [0.1, 0.15) is 17.6 Å². The summed E-state index contributed by atoms with van der Waals surface area (Å²) < 4.78 is 5.27. The zero-order chi connectivity index (χ0) is 13.0. The Morgan fingerprint density at radius 2 is 2.33 bits per heavy atom. The zero-order valence-corrected chi connectivity index (χ0v) is 10.6. The molecule has 2 N–H and O–H groups in total. The quantitative estimate of drug-likeness (QED) is 0.855. The molecule has 0 radical (unpaired) electrons. The number of ether oxygens (including phenoxy) is 1. The van der Waals surface area contributed by atoms with Gasteiger partial charge in [-0.25, -0.2) is 0 Å². The van der Waals surface area contributed by atoms with E-state index in [2.05, 4.69) is 5.32 Å². The van der Waals surface area contributed by atoms with Crippen LogP contribution in [0.5, 0.6) is 11.5 Å². The Morgan fingerprint density at radius 1 is 1.50 bits per heavy atom. The van der Waals surface area contributed by atoms with Gasteiger partial charge in [-0.1, -0.05) is 6.42 Å². The van der Waals surface area contributed by atoms with Crippen molar-refractivity contribution in [3.8, 4) is 17.6 Å². The predicted octanol–water partition coefficient (Wildman–Crippen LogP) is 1.96. The van der Waals surface area contributed by atoms with Gasteiger partial charge in [-0.3, -0.25) is 0 Å². The summed E-state index contributed by atoms with van der Waals surface area (Å²) in [6, 6.07) is 5.68. The summed E-state index contributed by atoms with van der Waals surface area (Å²) in [5, 5.41) is 22.1. The van der Waals surface area contributed by atoms with Crippen LogP contribution in [0, 0.1) is 11.3 Å². The first kappa shape index (κ1) is 12.7. The third kappa shape index (κ3) is 2.74. The first-order valence-corrected chi connectivity index (χ1v) is 6.28. The maximum atomic E-state index is 9.63. The summed E-state index contributed by atoms with van der Waals surface area (Å²) in [5.41, 5.74) is 1.29. The lowest BCUT2D eigenvalue weighted by atomic mass is 9.96. The average molecular weight is 246 g/mol. The van der Waals surface area contributed by atoms with E-state index in [-0.39, 0.29) is 5.75 Å². The highest BCUT2D eigenvalue weighted by atomic mass is 16.5. The van der Waals surface area contributed by atoms with E-state index < -0.39 is 0 Å². The number of methoxy groups -OCH3 is 1. The van der Waals surface area contributed by atoms with Gasteiger partial charge in [0.25, 0.3) is 0 Å². The lowest BCUT2D eigenvalue weighted by molar-refractivity contribution is 0.378. The summed E-state index contributed by atoms with van der Waals surface area (Å²) in [5.74, 6) is 0.633. The summed E-state index contributed by atoms with van der Waals surface area (Å²) in [7, 11) is 1.58. The van der Waals surface area contributed by atoms with Gasteiger partial charge < -0.3 is 15.2 Å². The predicted molar refractivity (Wildman–Crippen MR) is 68.7 cm³/mol. The highest BCUT2D eigenvalue weighted by Gasteiger charge is 2.17. The second-order valence-corrected chi connectivity index (χ2v) is 4.64. The van der Waals surface area contributed by atoms with Crippen molar-refractivity contribution in [1.29, 1.82) is 5.26 Å². The van der Waals surface area contributed by atoms with E-state index in [1.807, 2.05) is 6.07 Å². The highest BCUT2D eigenvalue weighted by molar-refractivity contribution is 5.51. The molecule has 0 amide bonds. The molecule has 0 spiro atoms. The molecule has 2 rings (SSSR count). The highest BCUT2D eigenvalue weighted by Crippen LogP contribution is 2.29. The number of phenols is 1. The summed E-state index contributed by atoms with van der Waals surface area (Å²) in [6.45, 7) is 1.05. The van der Waals surface area contributed by atoms with Crippen molar-refractivity contribution in [3.05, 3.63) is 23.3 Å². The maximum absolute atomic E-state index is 9.63. The molecule has 0 aliphatic carbocycles. The van der Waals surface area contributed by atoms with Gasteiger partial charge >= 0.3 is 0 Å². The number of nitriles is 1. The van der Waals surface area contributed by atoms with E-state index >= 15 is 0 Å². The molecule has 4 nitrogen and oxygen atoms in total. The second kappa shape index (κ2) is 5.74. The van der Waals surface area contributed by atoms with Crippen molar-refractivity contribution in [3.63, 3.8) is 0 Å². The topological polar surface area (TPSA) is 65.3 Å². The van der Waals surface area contributed by atoms with Crippen molar-refractivity contribution in [2.75, 3.05) is 13.7 Å². The van der Waals surface area contributed by atoms with Crippen LogP contribution >= 0.6 is 0 Å². The third-order valence-electron chi connectivity index (χ3n) is 3.40. The van der Waals surface area contributed by atoms with Crippen LogP contribution in [0.4, 0.5) is 0 Å². The van der Waals surface area contributed by atoms with Crippen molar-refractivity contribution >= 4 is 0 Å². The van der Waals surface area contributed by atoms with Gasteiger partial charge in [-0.2, -0.15) is 5.26 Å². The molecule has 1 fully saturated rings. The molecule has 1 unspecified atom stereocenters. The lowest BCUT2D eigenvalue weighted by Gasteiger charge is -2.24. The fraction of sp³-hybridized carbons (Fsp3) is 0.500. The Morgan fingerprint density at radius 3 is 2.94 bits per heavy atom. The number of nitrogens with zero attached hydrogens (tertiary/aromatic N) is 1. The van der Waals surface area contributed by atoms with Crippen LogP contribution in [-0.2, 0) is 6.42 Å². The van der Waals surface area contributed by atoms with Crippen LogP contribution in [0.2, 0.25) is 0 Å². The van der Waals surface area contributed by atoms with E-state index in [1.54, 1.807) is 13.2 Å². The van der Waals surface area contributed by atoms with Gasteiger partial charge in [-0.15, -0.1) is 0 Å². The minimum Gasteiger partial charge on any atom is -0.506 e. The Balaban J connectivity index is 2.22.